The molecule has 0 aliphatic carbocycles. The van der Waals surface area contributed by atoms with Crippen molar-refractivity contribution in [2.24, 2.45) is 11.8 Å². The lowest BCUT2D eigenvalue weighted by molar-refractivity contribution is -0.137. The van der Waals surface area contributed by atoms with Gasteiger partial charge in [-0.2, -0.15) is 0 Å². The first-order valence-electron chi connectivity index (χ1n) is 6.54. The van der Waals surface area contributed by atoms with Crippen LogP contribution in [0.15, 0.2) is 0 Å². The highest BCUT2D eigenvalue weighted by Crippen LogP contribution is 2.22. The normalized spacial score (nSPS) is 25.1. The first-order chi connectivity index (χ1) is 8.35. The topological polar surface area (TPSA) is 74.7 Å². The van der Waals surface area contributed by atoms with Crippen molar-refractivity contribution in [3.05, 3.63) is 0 Å². The first-order valence-corrected chi connectivity index (χ1v) is 8.15. The average Bonchev–Trinajstić information content (AvgIpc) is 2.51. The standard InChI is InChI=1S/C12H23NO4S/c1-3-11(4-5-12(14)15)6-7-13-8-10(2)9-18(13,16)17/h10-11H,3-9H2,1-2H3,(H,14,15). The highest BCUT2D eigenvalue weighted by Gasteiger charge is 2.33. The van der Waals surface area contributed by atoms with E-state index >= 15 is 0 Å². The van der Waals surface area contributed by atoms with Crippen LogP contribution in [0.5, 0.6) is 0 Å². The van der Waals surface area contributed by atoms with Crippen LogP contribution >= 0.6 is 0 Å². The predicted molar refractivity (Wildman–Crippen MR) is 69.8 cm³/mol. The van der Waals surface area contributed by atoms with E-state index in [0.29, 0.717) is 25.4 Å². The Labute approximate surface area is 109 Å². The molecule has 1 rings (SSSR count). The molecular formula is C12H23NO4S. The van der Waals surface area contributed by atoms with Crippen molar-refractivity contribution in [3.8, 4) is 0 Å². The van der Waals surface area contributed by atoms with Gasteiger partial charge in [-0.15, -0.1) is 0 Å². The van der Waals surface area contributed by atoms with Crippen LogP contribution in [-0.4, -0.2) is 42.6 Å². The van der Waals surface area contributed by atoms with Gasteiger partial charge in [0.1, 0.15) is 0 Å². The van der Waals surface area contributed by atoms with Crippen LogP contribution in [0.1, 0.15) is 39.5 Å². The van der Waals surface area contributed by atoms with Crippen molar-refractivity contribution < 1.29 is 18.3 Å². The van der Waals surface area contributed by atoms with Crippen LogP contribution in [0.2, 0.25) is 0 Å². The number of aliphatic carboxylic acids is 1. The summed E-state index contributed by atoms with van der Waals surface area (Å²) in [5.74, 6) is -0.0315. The Hall–Kier alpha value is -0.620. The molecule has 1 N–H and O–H groups in total. The number of carboxylic acids is 1. The van der Waals surface area contributed by atoms with Crippen LogP contribution in [0, 0.1) is 11.8 Å². The van der Waals surface area contributed by atoms with Gasteiger partial charge in [-0.25, -0.2) is 12.7 Å². The third-order valence-corrected chi connectivity index (χ3v) is 5.64. The molecule has 5 nitrogen and oxygen atoms in total. The summed E-state index contributed by atoms with van der Waals surface area (Å²) in [7, 11) is -3.05. The van der Waals surface area contributed by atoms with E-state index in [1.165, 1.54) is 0 Å². The van der Waals surface area contributed by atoms with Crippen molar-refractivity contribution in [1.82, 2.24) is 4.31 Å². The van der Waals surface area contributed by atoms with E-state index in [-0.39, 0.29) is 18.1 Å². The summed E-state index contributed by atoms with van der Waals surface area (Å²) in [6.07, 6.45) is 2.46. The summed E-state index contributed by atoms with van der Waals surface area (Å²) in [4.78, 5) is 10.5. The molecule has 0 radical (unpaired) electrons. The largest absolute Gasteiger partial charge is 0.481 e. The molecule has 2 atom stereocenters. The molecular weight excluding hydrogens is 254 g/mol. The maximum atomic E-state index is 11.8. The lowest BCUT2D eigenvalue weighted by Crippen LogP contribution is -2.28. The van der Waals surface area contributed by atoms with Gasteiger partial charge in [0.05, 0.1) is 5.75 Å². The van der Waals surface area contributed by atoms with Crippen LogP contribution < -0.4 is 0 Å². The monoisotopic (exact) mass is 277 g/mol. The number of carboxylic acid groups (broad SMARTS) is 1. The van der Waals surface area contributed by atoms with Crippen LogP contribution in [0.3, 0.4) is 0 Å². The summed E-state index contributed by atoms with van der Waals surface area (Å²) in [5.41, 5.74) is 0. The third-order valence-electron chi connectivity index (χ3n) is 3.53. The zero-order valence-electron chi connectivity index (χ0n) is 11.1. The molecule has 18 heavy (non-hydrogen) atoms. The second-order valence-electron chi connectivity index (χ2n) is 5.24. The summed E-state index contributed by atoms with van der Waals surface area (Å²) in [6, 6.07) is 0. The van der Waals surface area contributed by atoms with Crippen molar-refractivity contribution in [2.45, 2.75) is 39.5 Å². The van der Waals surface area contributed by atoms with Gasteiger partial charge in [0.2, 0.25) is 10.0 Å². The molecule has 0 aromatic heterocycles. The van der Waals surface area contributed by atoms with E-state index in [4.69, 9.17) is 5.11 Å². The minimum absolute atomic E-state index is 0.168. The number of hydrogen-bond acceptors (Lipinski definition) is 3. The number of sulfonamides is 1. The second kappa shape index (κ2) is 6.52. The molecule has 1 aliphatic heterocycles. The molecule has 6 heteroatoms. The quantitative estimate of drug-likeness (QED) is 0.766. The predicted octanol–water partition coefficient (Wildman–Crippen LogP) is 1.55. The minimum atomic E-state index is -3.05. The van der Waals surface area contributed by atoms with Gasteiger partial charge in [-0.3, -0.25) is 4.79 Å². The molecule has 0 spiro atoms. The van der Waals surface area contributed by atoms with Gasteiger partial charge in [0.25, 0.3) is 0 Å². The SMILES string of the molecule is CCC(CCC(=O)O)CCN1CC(C)CS1(=O)=O. The second-order valence-corrected chi connectivity index (χ2v) is 7.25. The molecule has 0 aromatic rings. The molecule has 1 heterocycles. The highest BCUT2D eigenvalue weighted by molar-refractivity contribution is 7.89. The zero-order valence-corrected chi connectivity index (χ0v) is 11.9. The Bertz CT molecular complexity index is 380. The molecule has 0 bridgehead atoms. The van der Waals surface area contributed by atoms with Crippen molar-refractivity contribution in [3.63, 3.8) is 0 Å². The summed E-state index contributed by atoms with van der Waals surface area (Å²) >= 11 is 0. The maximum Gasteiger partial charge on any atom is 0.303 e. The van der Waals surface area contributed by atoms with E-state index in [2.05, 4.69) is 0 Å². The van der Waals surface area contributed by atoms with Gasteiger partial charge in [0.15, 0.2) is 0 Å². The van der Waals surface area contributed by atoms with E-state index in [9.17, 15) is 13.2 Å². The van der Waals surface area contributed by atoms with Crippen molar-refractivity contribution >= 4 is 16.0 Å². The highest BCUT2D eigenvalue weighted by atomic mass is 32.2. The van der Waals surface area contributed by atoms with Gasteiger partial charge in [0, 0.05) is 19.5 Å². The number of carbonyl (C=O) groups is 1. The average molecular weight is 277 g/mol. The number of rotatable bonds is 7. The summed E-state index contributed by atoms with van der Waals surface area (Å²) in [5, 5.41) is 8.65. The van der Waals surface area contributed by atoms with Crippen LogP contribution in [0.4, 0.5) is 0 Å². The molecule has 0 amide bonds. The summed E-state index contributed by atoms with van der Waals surface area (Å²) < 4.78 is 25.1. The number of nitrogens with zero attached hydrogens (tertiary/aromatic N) is 1. The Morgan fingerprint density at radius 1 is 1.44 bits per heavy atom. The minimum Gasteiger partial charge on any atom is -0.481 e. The summed E-state index contributed by atoms with van der Waals surface area (Å²) in [6.45, 7) is 5.11. The fourth-order valence-electron chi connectivity index (χ4n) is 2.42. The fourth-order valence-corrected chi connectivity index (χ4v) is 4.32. The van der Waals surface area contributed by atoms with E-state index in [1.807, 2.05) is 13.8 Å². The first kappa shape index (κ1) is 15.4. The molecule has 2 unspecified atom stereocenters. The zero-order chi connectivity index (χ0) is 13.8. The Morgan fingerprint density at radius 2 is 2.11 bits per heavy atom. The van der Waals surface area contributed by atoms with E-state index < -0.39 is 16.0 Å². The molecule has 0 saturated carbocycles. The van der Waals surface area contributed by atoms with Gasteiger partial charge in [-0.1, -0.05) is 20.3 Å². The Kier molecular flexibility index (Phi) is 5.59. The van der Waals surface area contributed by atoms with E-state index in [0.717, 1.165) is 12.8 Å². The Balaban J connectivity index is 2.41. The maximum absolute atomic E-state index is 11.8. The lowest BCUT2D eigenvalue weighted by atomic mass is 9.96. The van der Waals surface area contributed by atoms with Crippen LogP contribution in [-0.2, 0) is 14.8 Å². The van der Waals surface area contributed by atoms with Crippen molar-refractivity contribution in [1.29, 1.82) is 0 Å². The molecule has 106 valence electrons. The van der Waals surface area contributed by atoms with Gasteiger partial charge in [-0.05, 0) is 24.7 Å². The smallest absolute Gasteiger partial charge is 0.303 e. The van der Waals surface area contributed by atoms with E-state index in [1.54, 1.807) is 4.31 Å². The molecule has 1 fully saturated rings. The van der Waals surface area contributed by atoms with Gasteiger partial charge >= 0.3 is 5.97 Å². The third kappa shape index (κ3) is 4.57. The fraction of sp³-hybridized carbons (Fsp3) is 0.917. The molecule has 1 aliphatic rings. The Morgan fingerprint density at radius 3 is 2.56 bits per heavy atom. The van der Waals surface area contributed by atoms with Gasteiger partial charge < -0.3 is 5.11 Å². The van der Waals surface area contributed by atoms with Crippen molar-refractivity contribution in [2.75, 3.05) is 18.8 Å². The lowest BCUT2D eigenvalue weighted by Gasteiger charge is -2.19. The van der Waals surface area contributed by atoms with Crippen LogP contribution in [0.25, 0.3) is 0 Å². The molecule has 1 saturated heterocycles. The number of hydrogen-bond donors (Lipinski definition) is 1. The molecule has 0 aromatic carbocycles.